The Balaban J connectivity index is 2.37. The van der Waals surface area contributed by atoms with Crippen molar-refractivity contribution < 1.29 is 19.1 Å². The molecular formula is C10H16N2O4. The third-order valence-corrected chi connectivity index (χ3v) is 2.11. The quantitative estimate of drug-likeness (QED) is 0.497. The monoisotopic (exact) mass is 228 g/mol. The fourth-order valence-corrected chi connectivity index (χ4v) is 1.24. The first-order chi connectivity index (χ1) is 7.65. The lowest BCUT2D eigenvalue weighted by molar-refractivity contribution is -0.137. The zero-order valence-electron chi connectivity index (χ0n) is 9.56. The molecule has 0 saturated heterocycles. The Hall–Kier alpha value is -1.43. The molecular weight excluding hydrogens is 212 g/mol. The standard InChI is InChI=1S/C10H16N2O4/c1-3-15-6-7-16-10(14)8-4-5-9(13)12(2)11-8/h3-7H2,1-2H3. The van der Waals surface area contributed by atoms with Crippen LogP contribution in [0.2, 0.25) is 0 Å². The van der Waals surface area contributed by atoms with Crippen molar-refractivity contribution in [3.63, 3.8) is 0 Å². The maximum Gasteiger partial charge on any atom is 0.354 e. The Morgan fingerprint density at radius 2 is 2.19 bits per heavy atom. The number of hydrogen-bond donors (Lipinski definition) is 0. The average molecular weight is 228 g/mol. The first-order valence-corrected chi connectivity index (χ1v) is 5.24. The number of esters is 1. The van der Waals surface area contributed by atoms with E-state index in [1.54, 1.807) is 0 Å². The van der Waals surface area contributed by atoms with E-state index in [0.717, 1.165) is 0 Å². The van der Waals surface area contributed by atoms with Crippen LogP contribution >= 0.6 is 0 Å². The molecule has 0 N–H and O–H groups in total. The summed E-state index contributed by atoms with van der Waals surface area (Å²) in [5.41, 5.74) is 0.290. The lowest BCUT2D eigenvalue weighted by Gasteiger charge is -2.18. The number of ether oxygens (including phenoxy) is 2. The van der Waals surface area contributed by atoms with Gasteiger partial charge in [-0.05, 0) is 6.92 Å². The molecule has 0 radical (unpaired) electrons. The third-order valence-electron chi connectivity index (χ3n) is 2.11. The van der Waals surface area contributed by atoms with Crippen molar-refractivity contribution in [3.8, 4) is 0 Å². The molecule has 16 heavy (non-hydrogen) atoms. The molecule has 1 aliphatic rings. The Morgan fingerprint density at radius 1 is 1.44 bits per heavy atom. The van der Waals surface area contributed by atoms with Gasteiger partial charge in [-0.1, -0.05) is 0 Å². The maximum absolute atomic E-state index is 11.5. The van der Waals surface area contributed by atoms with Crippen molar-refractivity contribution in [1.82, 2.24) is 5.01 Å². The smallest absolute Gasteiger partial charge is 0.354 e. The summed E-state index contributed by atoms with van der Waals surface area (Å²) in [6.07, 6.45) is 0.645. The van der Waals surface area contributed by atoms with Gasteiger partial charge >= 0.3 is 5.97 Å². The van der Waals surface area contributed by atoms with E-state index in [2.05, 4.69) is 5.10 Å². The van der Waals surface area contributed by atoms with Crippen molar-refractivity contribution in [3.05, 3.63) is 0 Å². The predicted molar refractivity (Wildman–Crippen MR) is 56.9 cm³/mol. The Bertz CT molecular complexity index is 301. The topological polar surface area (TPSA) is 68.2 Å². The second kappa shape index (κ2) is 6.22. The summed E-state index contributed by atoms with van der Waals surface area (Å²) in [5, 5.41) is 5.02. The van der Waals surface area contributed by atoms with Crippen molar-refractivity contribution in [2.75, 3.05) is 26.9 Å². The molecule has 1 amide bonds. The summed E-state index contributed by atoms with van der Waals surface area (Å²) < 4.78 is 9.96. The van der Waals surface area contributed by atoms with Gasteiger partial charge in [0, 0.05) is 26.5 Å². The number of carbonyl (C=O) groups is 2. The average Bonchev–Trinajstić information content (AvgIpc) is 2.28. The van der Waals surface area contributed by atoms with Crippen LogP contribution in [0.5, 0.6) is 0 Å². The molecule has 0 spiro atoms. The van der Waals surface area contributed by atoms with E-state index >= 15 is 0 Å². The van der Waals surface area contributed by atoms with Gasteiger partial charge in [-0.2, -0.15) is 5.10 Å². The first kappa shape index (κ1) is 12.6. The minimum absolute atomic E-state index is 0.0918. The van der Waals surface area contributed by atoms with Gasteiger partial charge in [0.05, 0.1) is 6.61 Å². The number of hydrogen-bond acceptors (Lipinski definition) is 5. The van der Waals surface area contributed by atoms with Crippen LogP contribution in [0.25, 0.3) is 0 Å². The van der Waals surface area contributed by atoms with E-state index in [0.29, 0.717) is 31.8 Å². The van der Waals surface area contributed by atoms with Gasteiger partial charge in [-0.3, -0.25) is 4.79 Å². The summed E-state index contributed by atoms with van der Waals surface area (Å²) in [7, 11) is 1.52. The highest BCUT2D eigenvalue weighted by Crippen LogP contribution is 2.07. The fourth-order valence-electron chi connectivity index (χ4n) is 1.24. The molecule has 1 aliphatic heterocycles. The fraction of sp³-hybridized carbons (Fsp3) is 0.700. The summed E-state index contributed by atoms with van der Waals surface area (Å²) >= 11 is 0. The molecule has 0 fully saturated rings. The Labute approximate surface area is 94.2 Å². The maximum atomic E-state index is 11.5. The summed E-state index contributed by atoms with van der Waals surface area (Å²) in [6, 6.07) is 0. The van der Waals surface area contributed by atoms with Gasteiger partial charge in [0.1, 0.15) is 12.3 Å². The van der Waals surface area contributed by atoms with Gasteiger partial charge < -0.3 is 9.47 Å². The number of nitrogens with zero attached hydrogens (tertiary/aromatic N) is 2. The highest BCUT2D eigenvalue weighted by atomic mass is 16.6. The van der Waals surface area contributed by atoms with Gasteiger partial charge in [-0.15, -0.1) is 0 Å². The number of amides is 1. The normalized spacial score (nSPS) is 16.0. The molecule has 0 aromatic heterocycles. The van der Waals surface area contributed by atoms with Gasteiger partial charge in [-0.25, -0.2) is 9.80 Å². The molecule has 1 heterocycles. The molecule has 0 aromatic rings. The molecule has 0 aliphatic carbocycles. The highest BCUT2D eigenvalue weighted by molar-refractivity contribution is 6.37. The van der Waals surface area contributed by atoms with Crippen molar-refractivity contribution in [1.29, 1.82) is 0 Å². The molecule has 0 atom stereocenters. The highest BCUT2D eigenvalue weighted by Gasteiger charge is 2.22. The van der Waals surface area contributed by atoms with E-state index in [9.17, 15) is 9.59 Å². The van der Waals surface area contributed by atoms with Crippen molar-refractivity contribution >= 4 is 17.6 Å². The second-order valence-electron chi connectivity index (χ2n) is 3.30. The molecule has 0 saturated carbocycles. The SMILES string of the molecule is CCOCCOC(=O)C1=NN(C)C(=O)CC1. The first-order valence-electron chi connectivity index (χ1n) is 5.24. The minimum Gasteiger partial charge on any atom is -0.459 e. The van der Waals surface area contributed by atoms with Crippen molar-refractivity contribution in [2.24, 2.45) is 5.10 Å². The molecule has 6 heteroatoms. The molecule has 1 rings (SSSR count). The zero-order valence-corrected chi connectivity index (χ0v) is 9.56. The van der Waals surface area contributed by atoms with E-state index in [1.807, 2.05) is 6.92 Å². The van der Waals surface area contributed by atoms with Crippen LogP contribution in [0.3, 0.4) is 0 Å². The van der Waals surface area contributed by atoms with Crippen LogP contribution in [0.15, 0.2) is 5.10 Å². The number of carbonyl (C=O) groups excluding carboxylic acids is 2. The predicted octanol–water partition coefficient (Wildman–Crippen LogP) is 0.174. The third kappa shape index (κ3) is 3.62. The lowest BCUT2D eigenvalue weighted by atomic mass is 10.2. The van der Waals surface area contributed by atoms with Gasteiger partial charge in [0.2, 0.25) is 5.91 Å². The summed E-state index contributed by atoms with van der Waals surface area (Å²) in [6.45, 7) is 3.05. The second-order valence-corrected chi connectivity index (χ2v) is 3.30. The van der Waals surface area contributed by atoms with E-state index in [1.165, 1.54) is 12.1 Å². The van der Waals surface area contributed by atoms with E-state index in [4.69, 9.17) is 9.47 Å². The molecule has 0 unspecified atom stereocenters. The van der Waals surface area contributed by atoms with Crippen LogP contribution in [0.4, 0.5) is 0 Å². The summed E-state index contributed by atoms with van der Waals surface area (Å²) in [5.74, 6) is -0.565. The van der Waals surface area contributed by atoms with Gasteiger partial charge in [0.25, 0.3) is 0 Å². The Morgan fingerprint density at radius 3 is 2.81 bits per heavy atom. The van der Waals surface area contributed by atoms with Crippen LogP contribution in [0.1, 0.15) is 19.8 Å². The van der Waals surface area contributed by atoms with Crippen molar-refractivity contribution in [2.45, 2.75) is 19.8 Å². The zero-order chi connectivity index (χ0) is 12.0. The Kier molecular flexibility index (Phi) is 4.91. The largest absolute Gasteiger partial charge is 0.459 e. The minimum atomic E-state index is -0.473. The van der Waals surface area contributed by atoms with Crippen LogP contribution in [0, 0.1) is 0 Å². The van der Waals surface area contributed by atoms with Crippen LogP contribution < -0.4 is 0 Å². The molecule has 6 nitrogen and oxygen atoms in total. The van der Waals surface area contributed by atoms with Crippen LogP contribution in [-0.4, -0.2) is 49.5 Å². The van der Waals surface area contributed by atoms with Gasteiger partial charge in [0.15, 0.2) is 0 Å². The molecule has 0 bridgehead atoms. The van der Waals surface area contributed by atoms with E-state index < -0.39 is 5.97 Å². The number of hydrazone groups is 1. The molecule has 0 aromatic carbocycles. The summed E-state index contributed by atoms with van der Waals surface area (Å²) in [4.78, 5) is 22.6. The lowest BCUT2D eigenvalue weighted by Crippen LogP contribution is -2.32. The van der Waals surface area contributed by atoms with E-state index in [-0.39, 0.29) is 12.5 Å². The van der Waals surface area contributed by atoms with Crippen LogP contribution in [-0.2, 0) is 19.1 Å². The molecule has 90 valence electrons. The number of rotatable bonds is 5.